The van der Waals surface area contributed by atoms with Gasteiger partial charge in [0, 0.05) is 18.8 Å². The van der Waals surface area contributed by atoms with Crippen LogP contribution in [0, 0.1) is 0 Å². The number of hydrogen-bond acceptors (Lipinski definition) is 3. The summed E-state index contributed by atoms with van der Waals surface area (Å²) in [6.07, 6.45) is 4.43. The lowest BCUT2D eigenvalue weighted by atomic mass is 9.79. The summed E-state index contributed by atoms with van der Waals surface area (Å²) in [5.41, 5.74) is 1.52. The molecular weight excluding hydrogens is 261 g/mol. The van der Waals surface area contributed by atoms with E-state index in [0.717, 1.165) is 11.9 Å². The highest BCUT2D eigenvalue weighted by atomic mass is 16.7. The molecular formula is C17H20BNO2. The Hall–Kier alpha value is -1.65. The van der Waals surface area contributed by atoms with E-state index in [0.29, 0.717) is 0 Å². The minimum absolute atomic E-state index is 0.312. The van der Waals surface area contributed by atoms with Crippen LogP contribution in [0.1, 0.15) is 26.3 Å². The van der Waals surface area contributed by atoms with Crippen molar-refractivity contribution in [2.75, 3.05) is 0 Å². The van der Waals surface area contributed by atoms with Gasteiger partial charge in [0.05, 0.1) is 11.2 Å². The van der Waals surface area contributed by atoms with E-state index in [1.54, 1.807) is 0 Å². The van der Waals surface area contributed by atoms with Gasteiger partial charge in [-0.2, -0.15) is 0 Å². The summed E-state index contributed by atoms with van der Waals surface area (Å²) in [5.74, 6) is 0. The van der Waals surface area contributed by atoms with Crippen molar-refractivity contribution in [2.45, 2.75) is 38.4 Å². The molecule has 0 aliphatic carbocycles. The van der Waals surface area contributed by atoms with Gasteiger partial charge in [0.25, 0.3) is 0 Å². The van der Waals surface area contributed by atoms with E-state index in [4.69, 9.17) is 9.31 Å². The van der Waals surface area contributed by atoms with Gasteiger partial charge in [-0.3, -0.25) is 4.98 Å². The lowest BCUT2D eigenvalue weighted by Crippen LogP contribution is -2.46. The van der Waals surface area contributed by atoms with E-state index in [1.807, 2.05) is 54.9 Å². The van der Waals surface area contributed by atoms with Crippen molar-refractivity contribution in [2.24, 2.45) is 0 Å². The summed E-state index contributed by atoms with van der Waals surface area (Å²) in [6.45, 7) is 6.31. The van der Waals surface area contributed by atoms with E-state index >= 15 is 0 Å². The average molecular weight is 281 g/mol. The molecule has 0 N–H and O–H groups in total. The van der Waals surface area contributed by atoms with Gasteiger partial charge < -0.3 is 9.31 Å². The van der Waals surface area contributed by atoms with Crippen LogP contribution < -0.4 is 5.46 Å². The van der Waals surface area contributed by atoms with Gasteiger partial charge in [0.2, 0.25) is 0 Å². The summed E-state index contributed by atoms with van der Waals surface area (Å²) in [4.78, 5) is 4.07. The van der Waals surface area contributed by atoms with Crippen LogP contribution in [0.4, 0.5) is 0 Å². The second-order valence-electron chi connectivity index (χ2n) is 6.25. The Kier molecular flexibility index (Phi) is 3.60. The van der Waals surface area contributed by atoms with Gasteiger partial charge in [-0.25, -0.2) is 0 Å². The molecule has 0 radical (unpaired) electrons. The van der Waals surface area contributed by atoms with Gasteiger partial charge in [0.15, 0.2) is 0 Å². The molecule has 2 heterocycles. The van der Waals surface area contributed by atoms with Crippen LogP contribution in [-0.2, 0) is 15.7 Å². The third kappa shape index (κ3) is 2.74. The van der Waals surface area contributed by atoms with Crippen molar-refractivity contribution < 1.29 is 9.31 Å². The number of benzene rings is 1. The molecule has 1 aromatic carbocycles. The van der Waals surface area contributed by atoms with Crippen molar-refractivity contribution in [3.63, 3.8) is 0 Å². The fraction of sp³-hybridized carbons (Fsp3) is 0.353. The van der Waals surface area contributed by atoms with Crippen molar-refractivity contribution in [1.29, 1.82) is 0 Å². The Morgan fingerprint density at radius 2 is 1.62 bits per heavy atom. The largest absolute Gasteiger partial charge is 0.494 e. The number of nitrogens with zero attached hydrogens (tertiary/aromatic N) is 1. The molecule has 108 valence electrons. The minimum atomic E-state index is -0.380. The molecule has 1 aliphatic rings. The maximum atomic E-state index is 6.31. The normalized spacial score (nSPS) is 24.2. The number of hydrogen-bond donors (Lipinski definition) is 0. The number of aromatic nitrogens is 1. The fourth-order valence-electron chi connectivity index (χ4n) is 2.69. The summed E-state index contributed by atoms with van der Waals surface area (Å²) >= 11 is 0. The Morgan fingerprint density at radius 1 is 0.952 bits per heavy atom. The van der Waals surface area contributed by atoms with Crippen LogP contribution in [0.3, 0.4) is 0 Å². The lowest BCUT2D eigenvalue weighted by Gasteiger charge is -2.36. The Balaban J connectivity index is 1.85. The first-order chi connectivity index (χ1) is 10.0. The minimum Gasteiger partial charge on any atom is -0.399 e. The zero-order valence-electron chi connectivity index (χ0n) is 12.7. The van der Waals surface area contributed by atoms with Crippen molar-refractivity contribution >= 4 is 12.6 Å². The topological polar surface area (TPSA) is 31.4 Å². The first kappa shape index (κ1) is 14.3. The quantitative estimate of drug-likeness (QED) is 0.810. The highest BCUT2D eigenvalue weighted by molar-refractivity contribution is 6.62. The molecule has 0 saturated carbocycles. The standard InChI is InChI=1S/C17H20BNO2/c1-16(2)17(3,13-14-9-11-19-12-10-14)21-18(20-16)15-7-5-4-6-8-15/h4-12H,13H2,1-3H3. The fourth-order valence-corrected chi connectivity index (χ4v) is 2.69. The monoisotopic (exact) mass is 281 g/mol. The molecule has 21 heavy (non-hydrogen) atoms. The molecule has 0 spiro atoms. The Bertz CT molecular complexity index is 603. The van der Waals surface area contributed by atoms with E-state index in [2.05, 4.69) is 25.8 Å². The van der Waals surface area contributed by atoms with Crippen LogP contribution in [-0.4, -0.2) is 23.3 Å². The van der Waals surface area contributed by atoms with Gasteiger partial charge in [0.1, 0.15) is 0 Å². The third-order valence-corrected chi connectivity index (χ3v) is 4.40. The van der Waals surface area contributed by atoms with Crippen LogP contribution in [0.5, 0.6) is 0 Å². The molecule has 3 nitrogen and oxygen atoms in total. The van der Waals surface area contributed by atoms with E-state index < -0.39 is 0 Å². The average Bonchev–Trinajstić information content (AvgIpc) is 2.71. The maximum Gasteiger partial charge on any atom is 0.494 e. The first-order valence-corrected chi connectivity index (χ1v) is 7.30. The molecule has 1 atom stereocenters. The number of rotatable bonds is 3. The molecule has 1 saturated heterocycles. The van der Waals surface area contributed by atoms with E-state index in [1.165, 1.54) is 5.56 Å². The molecule has 1 aliphatic heterocycles. The highest BCUT2D eigenvalue weighted by Crippen LogP contribution is 2.39. The highest BCUT2D eigenvalue weighted by Gasteiger charge is 2.54. The van der Waals surface area contributed by atoms with Crippen molar-refractivity contribution in [3.05, 3.63) is 60.4 Å². The third-order valence-electron chi connectivity index (χ3n) is 4.40. The van der Waals surface area contributed by atoms with E-state index in [-0.39, 0.29) is 18.3 Å². The molecule has 0 amide bonds. The lowest BCUT2D eigenvalue weighted by molar-refractivity contribution is -0.00878. The SMILES string of the molecule is CC1(C)OB(c2ccccc2)OC1(C)Cc1ccncc1. The Morgan fingerprint density at radius 3 is 2.29 bits per heavy atom. The molecule has 4 heteroatoms. The predicted molar refractivity (Wildman–Crippen MR) is 84.4 cm³/mol. The zero-order chi connectivity index (χ0) is 14.9. The molecule has 1 unspecified atom stereocenters. The smallest absolute Gasteiger partial charge is 0.399 e. The molecule has 2 aromatic rings. The second-order valence-corrected chi connectivity index (χ2v) is 6.25. The summed E-state index contributed by atoms with van der Waals surface area (Å²) < 4.78 is 12.5. The van der Waals surface area contributed by atoms with Crippen molar-refractivity contribution in [1.82, 2.24) is 4.98 Å². The Labute approximate surface area is 126 Å². The van der Waals surface area contributed by atoms with Gasteiger partial charge in [-0.1, -0.05) is 30.3 Å². The zero-order valence-corrected chi connectivity index (χ0v) is 12.7. The van der Waals surface area contributed by atoms with Crippen LogP contribution >= 0.6 is 0 Å². The molecule has 0 bridgehead atoms. The van der Waals surface area contributed by atoms with E-state index in [9.17, 15) is 0 Å². The van der Waals surface area contributed by atoms with Gasteiger partial charge in [-0.05, 0) is 43.9 Å². The molecule has 3 rings (SSSR count). The van der Waals surface area contributed by atoms with Gasteiger partial charge in [-0.15, -0.1) is 0 Å². The molecule has 1 fully saturated rings. The summed E-state index contributed by atoms with van der Waals surface area (Å²) in [5, 5.41) is 0. The van der Waals surface area contributed by atoms with Gasteiger partial charge >= 0.3 is 7.12 Å². The van der Waals surface area contributed by atoms with Crippen molar-refractivity contribution in [3.8, 4) is 0 Å². The maximum absolute atomic E-state index is 6.31. The second kappa shape index (κ2) is 5.28. The predicted octanol–water partition coefficient (Wildman–Crippen LogP) is 2.60. The first-order valence-electron chi connectivity index (χ1n) is 7.30. The number of pyridine rings is 1. The van der Waals surface area contributed by atoms with Crippen LogP contribution in [0.15, 0.2) is 54.9 Å². The van der Waals surface area contributed by atoms with Crippen LogP contribution in [0.25, 0.3) is 0 Å². The summed E-state index contributed by atoms with van der Waals surface area (Å²) in [7, 11) is -0.312. The molecule has 1 aromatic heterocycles. The van der Waals surface area contributed by atoms with Crippen LogP contribution in [0.2, 0.25) is 0 Å². The summed E-state index contributed by atoms with van der Waals surface area (Å²) in [6, 6.07) is 14.2.